The summed E-state index contributed by atoms with van der Waals surface area (Å²) in [5.74, 6) is 0. The Bertz CT molecular complexity index is 697. The highest BCUT2D eigenvalue weighted by atomic mass is 32.2. The first-order chi connectivity index (χ1) is 7.50. The molecule has 0 amide bonds. The Balaban J connectivity index is 2.67. The van der Waals surface area contributed by atoms with Crippen LogP contribution in [0.5, 0.6) is 0 Å². The number of aromatic nitrogens is 1. The first-order valence-corrected chi connectivity index (χ1v) is 7.31. The van der Waals surface area contributed by atoms with Crippen LogP contribution >= 0.6 is 23.6 Å². The van der Waals surface area contributed by atoms with E-state index in [0.717, 1.165) is 22.3 Å². The van der Waals surface area contributed by atoms with Gasteiger partial charge in [0.15, 0.2) is 0 Å². The fourth-order valence-corrected chi connectivity index (χ4v) is 3.15. The maximum Gasteiger partial charge on any atom is 0.210 e. The van der Waals surface area contributed by atoms with E-state index in [2.05, 4.69) is 27.4 Å². The summed E-state index contributed by atoms with van der Waals surface area (Å²) in [6, 6.07) is 5.17. The molecule has 0 aliphatic rings. The van der Waals surface area contributed by atoms with Gasteiger partial charge in [0, 0.05) is 6.26 Å². The van der Waals surface area contributed by atoms with Crippen LogP contribution in [-0.2, 0) is 9.84 Å². The molecular formula is C9H6N2O2S3. The number of isothiocyanates is 1. The van der Waals surface area contributed by atoms with Gasteiger partial charge in [-0.25, -0.2) is 13.4 Å². The van der Waals surface area contributed by atoms with E-state index in [9.17, 15) is 8.42 Å². The highest BCUT2D eigenvalue weighted by molar-refractivity contribution is 7.92. The van der Waals surface area contributed by atoms with Crippen molar-refractivity contribution in [3.8, 4) is 0 Å². The van der Waals surface area contributed by atoms with Crippen molar-refractivity contribution in [1.29, 1.82) is 0 Å². The third-order valence-electron chi connectivity index (χ3n) is 1.84. The molecule has 0 radical (unpaired) electrons. The van der Waals surface area contributed by atoms with E-state index < -0.39 is 9.84 Å². The van der Waals surface area contributed by atoms with Gasteiger partial charge in [0.2, 0.25) is 14.2 Å². The van der Waals surface area contributed by atoms with E-state index in [0.29, 0.717) is 11.2 Å². The zero-order valence-corrected chi connectivity index (χ0v) is 10.6. The number of thiazole rings is 1. The quantitative estimate of drug-likeness (QED) is 0.621. The number of benzene rings is 1. The fourth-order valence-electron chi connectivity index (χ4n) is 1.17. The molecule has 0 saturated carbocycles. The van der Waals surface area contributed by atoms with Crippen LogP contribution in [0.2, 0.25) is 0 Å². The molecule has 1 aromatic carbocycles. The number of fused-ring (bicyclic) bond motifs is 1. The summed E-state index contributed by atoms with van der Waals surface area (Å²) < 4.78 is 23.5. The highest BCUT2D eigenvalue weighted by Crippen LogP contribution is 2.28. The van der Waals surface area contributed by atoms with Crippen molar-refractivity contribution in [2.75, 3.05) is 6.26 Å². The lowest BCUT2D eigenvalue weighted by molar-refractivity contribution is 0.601. The number of sulfone groups is 1. The predicted molar refractivity (Wildman–Crippen MR) is 67.4 cm³/mol. The molecule has 2 aromatic rings. The van der Waals surface area contributed by atoms with Gasteiger partial charge in [0.25, 0.3) is 0 Å². The second-order valence-corrected chi connectivity index (χ2v) is 6.51. The summed E-state index contributed by atoms with van der Waals surface area (Å²) in [7, 11) is -3.25. The van der Waals surface area contributed by atoms with Gasteiger partial charge in [-0.2, -0.15) is 4.99 Å². The molecule has 2 rings (SSSR count). The molecule has 4 nitrogen and oxygen atoms in total. The molecule has 0 unspecified atom stereocenters. The van der Waals surface area contributed by atoms with Crippen LogP contribution in [0.4, 0.5) is 5.69 Å². The molecule has 1 heterocycles. The Morgan fingerprint density at radius 1 is 1.50 bits per heavy atom. The number of nitrogens with zero attached hydrogens (tertiary/aromatic N) is 2. The molecule has 0 N–H and O–H groups in total. The topological polar surface area (TPSA) is 59.4 Å². The third-order valence-corrected chi connectivity index (χ3v) is 4.63. The molecule has 1 aromatic heterocycles. The fraction of sp³-hybridized carbons (Fsp3) is 0.111. The molecule has 0 bridgehead atoms. The second kappa shape index (κ2) is 4.03. The summed E-state index contributed by atoms with van der Waals surface area (Å²) in [5, 5.41) is 2.26. The van der Waals surface area contributed by atoms with Crippen molar-refractivity contribution in [3.05, 3.63) is 18.2 Å². The minimum absolute atomic E-state index is 0.117. The Kier molecular flexibility index (Phi) is 2.86. The SMILES string of the molecule is CS(=O)(=O)c1nc2ccc(N=C=S)cc2s1. The van der Waals surface area contributed by atoms with E-state index in [4.69, 9.17) is 0 Å². The lowest BCUT2D eigenvalue weighted by Crippen LogP contribution is -1.94. The van der Waals surface area contributed by atoms with E-state index in [1.165, 1.54) is 0 Å². The standard InChI is InChI=1S/C9H6N2O2S3/c1-16(12,13)9-11-7-3-2-6(10-5-14)4-8(7)15-9/h2-4H,1H3. The Morgan fingerprint density at radius 3 is 2.88 bits per heavy atom. The van der Waals surface area contributed by atoms with Gasteiger partial charge in [-0.1, -0.05) is 0 Å². The van der Waals surface area contributed by atoms with Gasteiger partial charge in [-0.15, -0.1) is 11.3 Å². The van der Waals surface area contributed by atoms with Gasteiger partial charge in [-0.3, -0.25) is 0 Å². The molecule has 7 heteroatoms. The third kappa shape index (κ3) is 2.17. The van der Waals surface area contributed by atoms with E-state index in [1.54, 1.807) is 18.2 Å². The summed E-state index contributed by atoms with van der Waals surface area (Å²) in [5.41, 5.74) is 1.29. The van der Waals surface area contributed by atoms with Crippen molar-refractivity contribution in [2.45, 2.75) is 4.34 Å². The van der Waals surface area contributed by atoms with Crippen molar-refractivity contribution < 1.29 is 8.42 Å². The van der Waals surface area contributed by atoms with Crippen LogP contribution in [0.25, 0.3) is 10.2 Å². The number of thiocarbonyl (C=S) groups is 1. The zero-order chi connectivity index (χ0) is 11.8. The van der Waals surface area contributed by atoms with E-state index in [1.807, 2.05) is 0 Å². The van der Waals surface area contributed by atoms with Gasteiger partial charge < -0.3 is 0 Å². The summed E-state index contributed by atoms with van der Waals surface area (Å²) in [6.07, 6.45) is 1.14. The summed E-state index contributed by atoms with van der Waals surface area (Å²) >= 11 is 5.62. The first-order valence-electron chi connectivity index (χ1n) is 4.19. The van der Waals surface area contributed by atoms with Crippen LogP contribution in [0.3, 0.4) is 0 Å². The zero-order valence-electron chi connectivity index (χ0n) is 8.17. The maximum absolute atomic E-state index is 11.3. The van der Waals surface area contributed by atoms with E-state index >= 15 is 0 Å². The Hall–Kier alpha value is -1.14. The minimum atomic E-state index is -3.25. The van der Waals surface area contributed by atoms with Crippen molar-refractivity contribution in [3.63, 3.8) is 0 Å². The molecule has 0 spiro atoms. The number of rotatable bonds is 2. The molecule has 0 fully saturated rings. The van der Waals surface area contributed by atoms with Crippen LogP contribution in [0, 0.1) is 0 Å². The molecule has 16 heavy (non-hydrogen) atoms. The van der Waals surface area contributed by atoms with E-state index in [-0.39, 0.29) is 4.34 Å². The lowest BCUT2D eigenvalue weighted by Gasteiger charge is -1.88. The van der Waals surface area contributed by atoms with Crippen LogP contribution < -0.4 is 0 Å². The Morgan fingerprint density at radius 2 is 2.25 bits per heavy atom. The number of aliphatic imine (C=N–C) groups is 1. The summed E-state index contributed by atoms with van der Waals surface area (Å²) in [4.78, 5) is 7.85. The number of hydrogen-bond acceptors (Lipinski definition) is 6. The molecule has 0 atom stereocenters. The smallest absolute Gasteiger partial charge is 0.210 e. The molecule has 0 aliphatic carbocycles. The van der Waals surface area contributed by atoms with Gasteiger partial charge in [-0.05, 0) is 30.4 Å². The molecule has 0 aliphatic heterocycles. The van der Waals surface area contributed by atoms with Gasteiger partial charge in [0.05, 0.1) is 21.1 Å². The number of hydrogen-bond donors (Lipinski definition) is 0. The first kappa shape index (κ1) is 11.3. The highest BCUT2D eigenvalue weighted by Gasteiger charge is 2.13. The summed E-state index contributed by atoms with van der Waals surface area (Å²) in [6.45, 7) is 0. The molecule has 0 saturated heterocycles. The van der Waals surface area contributed by atoms with Crippen LogP contribution in [0.1, 0.15) is 0 Å². The van der Waals surface area contributed by atoms with Crippen molar-refractivity contribution in [2.24, 2.45) is 4.99 Å². The van der Waals surface area contributed by atoms with Crippen LogP contribution in [-0.4, -0.2) is 24.8 Å². The largest absolute Gasteiger partial charge is 0.225 e. The average Bonchev–Trinajstić information content (AvgIpc) is 2.60. The normalized spacial score (nSPS) is 11.3. The predicted octanol–water partition coefficient (Wildman–Crippen LogP) is 2.43. The molecular weight excluding hydrogens is 264 g/mol. The Labute approximate surface area is 102 Å². The van der Waals surface area contributed by atoms with Crippen molar-refractivity contribution in [1.82, 2.24) is 4.98 Å². The average molecular weight is 270 g/mol. The van der Waals surface area contributed by atoms with Gasteiger partial charge in [0.1, 0.15) is 0 Å². The monoisotopic (exact) mass is 270 g/mol. The van der Waals surface area contributed by atoms with Crippen LogP contribution in [0.15, 0.2) is 27.5 Å². The van der Waals surface area contributed by atoms with Gasteiger partial charge >= 0.3 is 0 Å². The van der Waals surface area contributed by atoms with Crippen molar-refractivity contribution >= 4 is 54.5 Å². The lowest BCUT2D eigenvalue weighted by atomic mass is 10.3. The minimum Gasteiger partial charge on any atom is -0.225 e. The molecule has 82 valence electrons. The maximum atomic E-state index is 11.3. The second-order valence-electron chi connectivity index (χ2n) is 3.11.